The number of aromatic nitrogens is 5. The van der Waals surface area contributed by atoms with Crippen LogP contribution in [0.1, 0.15) is 36.6 Å². The fourth-order valence-corrected chi connectivity index (χ4v) is 4.39. The molecule has 0 aliphatic rings. The number of hydrogen-bond acceptors (Lipinski definition) is 6. The van der Waals surface area contributed by atoms with Gasteiger partial charge in [-0.2, -0.15) is 13.2 Å². The van der Waals surface area contributed by atoms with Crippen molar-refractivity contribution in [3.05, 3.63) is 83.7 Å². The quantitative estimate of drug-likeness (QED) is 0.247. The Morgan fingerprint density at radius 1 is 0.923 bits per heavy atom. The predicted octanol–water partition coefficient (Wildman–Crippen LogP) is 6.86. The maximum atomic E-state index is 13.1. The minimum atomic E-state index is -4.49. The first-order valence-electron chi connectivity index (χ1n) is 12.4. The normalized spacial score (nSPS) is 11.8. The van der Waals surface area contributed by atoms with Crippen LogP contribution in [0.15, 0.2) is 66.9 Å². The van der Waals surface area contributed by atoms with E-state index in [4.69, 9.17) is 14.7 Å². The topological polar surface area (TPSA) is 77.8 Å². The summed E-state index contributed by atoms with van der Waals surface area (Å²) in [5, 5.41) is 3.37. The van der Waals surface area contributed by atoms with E-state index in [2.05, 4.69) is 35.2 Å². The van der Waals surface area contributed by atoms with Crippen LogP contribution in [0.25, 0.3) is 33.8 Å². The van der Waals surface area contributed by atoms with Crippen LogP contribution in [0, 0.1) is 0 Å². The molecule has 0 aliphatic carbocycles. The van der Waals surface area contributed by atoms with Crippen molar-refractivity contribution in [3.63, 3.8) is 0 Å². The molecule has 3 aromatic heterocycles. The zero-order valence-corrected chi connectivity index (χ0v) is 21.9. The Morgan fingerprint density at radius 3 is 2.33 bits per heavy atom. The molecule has 2 aromatic carbocycles. The summed E-state index contributed by atoms with van der Waals surface area (Å²) in [6, 6.07) is 18.9. The number of methoxy groups -OCH3 is 1. The Bertz CT molecular complexity index is 1630. The lowest BCUT2D eigenvalue weighted by Crippen LogP contribution is -2.06. The van der Waals surface area contributed by atoms with E-state index in [0.717, 1.165) is 22.9 Å². The van der Waals surface area contributed by atoms with Crippen molar-refractivity contribution in [2.45, 2.75) is 32.5 Å². The second kappa shape index (κ2) is 10.4. The summed E-state index contributed by atoms with van der Waals surface area (Å²) in [6.07, 6.45) is -3.51. The van der Waals surface area contributed by atoms with Crippen molar-refractivity contribution in [1.82, 2.24) is 24.5 Å². The largest absolute Gasteiger partial charge is 0.481 e. The van der Waals surface area contributed by atoms with Crippen molar-refractivity contribution < 1.29 is 17.9 Å². The highest BCUT2D eigenvalue weighted by molar-refractivity contribution is 5.87. The summed E-state index contributed by atoms with van der Waals surface area (Å²) in [7, 11) is 3.10. The molecule has 0 amide bonds. The number of hydrogen-bond donors (Lipinski definition) is 1. The van der Waals surface area contributed by atoms with Crippen LogP contribution in [-0.2, 0) is 19.8 Å². The van der Waals surface area contributed by atoms with Crippen LogP contribution in [0.4, 0.5) is 19.0 Å². The average Bonchev–Trinajstić information content (AvgIpc) is 3.33. The van der Waals surface area contributed by atoms with Gasteiger partial charge in [-0.3, -0.25) is 0 Å². The first kappa shape index (κ1) is 26.1. The van der Waals surface area contributed by atoms with Gasteiger partial charge in [0.1, 0.15) is 11.3 Å². The van der Waals surface area contributed by atoms with E-state index in [0.29, 0.717) is 40.7 Å². The minimum Gasteiger partial charge on any atom is -0.481 e. The molecule has 0 radical (unpaired) electrons. The van der Waals surface area contributed by atoms with E-state index in [1.165, 1.54) is 4.57 Å². The molecule has 0 fully saturated rings. The number of nitrogens with one attached hydrogen (secondary N) is 1. The van der Waals surface area contributed by atoms with Gasteiger partial charge in [0, 0.05) is 37.0 Å². The number of nitrogens with zero attached hydrogens (tertiary/aromatic N) is 5. The number of rotatable bonds is 7. The van der Waals surface area contributed by atoms with Gasteiger partial charge < -0.3 is 14.6 Å². The maximum absolute atomic E-state index is 13.1. The second-order valence-electron chi connectivity index (χ2n) is 9.47. The van der Waals surface area contributed by atoms with Crippen molar-refractivity contribution in [2.75, 3.05) is 12.4 Å². The van der Waals surface area contributed by atoms with Gasteiger partial charge in [0.05, 0.1) is 12.6 Å². The first-order chi connectivity index (χ1) is 18.6. The summed E-state index contributed by atoms with van der Waals surface area (Å²) in [6.45, 7) is 4.67. The van der Waals surface area contributed by atoms with Crippen LogP contribution in [0.2, 0.25) is 0 Å². The lowest BCUT2D eigenvalue weighted by molar-refractivity contribution is -0.140. The van der Waals surface area contributed by atoms with Gasteiger partial charge in [0.15, 0.2) is 17.3 Å². The standard InChI is InChI=1S/C29H27F3N6O/c1-17(2)20-7-5-6-8-21(20)26-34-22-13-14-24(39-4)36-25(22)27(37-26)33-15-18-9-11-19(12-10-18)28-35-23(16-38(28)3)29(30,31)32/h5-14,16-17H,15H2,1-4H3,(H,33,34,37). The van der Waals surface area contributed by atoms with Gasteiger partial charge in [-0.25, -0.2) is 19.9 Å². The molecule has 39 heavy (non-hydrogen) atoms. The number of alkyl halides is 3. The summed E-state index contributed by atoms with van der Waals surface area (Å²) in [4.78, 5) is 18.0. The third-order valence-electron chi connectivity index (χ3n) is 6.39. The number of halogens is 3. The van der Waals surface area contributed by atoms with Crippen molar-refractivity contribution in [2.24, 2.45) is 7.05 Å². The monoisotopic (exact) mass is 532 g/mol. The van der Waals surface area contributed by atoms with E-state index in [1.807, 2.05) is 36.4 Å². The Kier molecular flexibility index (Phi) is 6.94. The van der Waals surface area contributed by atoms with E-state index in [-0.39, 0.29) is 11.7 Å². The van der Waals surface area contributed by atoms with E-state index >= 15 is 0 Å². The third kappa shape index (κ3) is 5.41. The molecule has 0 unspecified atom stereocenters. The molecule has 7 nitrogen and oxygen atoms in total. The molecule has 0 saturated heterocycles. The van der Waals surface area contributed by atoms with Crippen molar-refractivity contribution in [3.8, 4) is 28.7 Å². The second-order valence-corrected chi connectivity index (χ2v) is 9.47. The Morgan fingerprint density at radius 2 is 1.67 bits per heavy atom. The SMILES string of the molecule is COc1ccc2nc(-c3ccccc3C(C)C)nc(NCc3ccc(-c4nc(C(F)(F)F)cn4C)cc3)c2n1. The van der Waals surface area contributed by atoms with Gasteiger partial charge in [-0.05, 0) is 23.1 Å². The molecule has 0 atom stereocenters. The van der Waals surface area contributed by atoms with Gasteiger partial charge in [0.2, 0.25) is 5.88 Å². The number of ether oxygens (including phenoxy) is 1. The molecular weight excluding hydrogens is 505 g/mol. The first-order valence-corrected chi connectivity index (χ1v) is 12.4. The molecule has 1 N–H and O–H groups in total. The lowest BCUT2D eigenvalue weighted by Gasteiger charge is -2.15. The van der Waals surface area contributed by atoms with Crippen molar-refractivity contribution in [1.29, 1.82) is 0 Å². The molecule has 3 heterocycles. The summed E-state index contributed by atoms with van der Waals surface area (Å²) in [5.41, 5.74) is 3.91. The fourth-order valence-electron chi connectivity index (χ4n) is 4.39. The Labute approximate surface area is 223 Å². The van der Waals surface area contributed by atoms with Crippen LogP contribution in [0.5, 0.6) is 5.88 Å². The zero-order valence-electron chi connectivity index (χ0n) is 21.9. The van der Waals surface area contributed by atoms with Crippen LogP contribution >= 0.6 is 0 Å². The number of anilines is 1. The predicted molar refractivity (Wildman–Crippen MR) is 144 cm³/mol. The van der Waals surface area contributed by atoms with E-state index < -0.39 is 11.9 Å². The Balaban J connectivity index is 1.46. The molecular formula is C29H27F3N6O. The smallest absolute Gasteiger partial charge is 0.434 e. The molecule has 200 valence electrons. The Hall–Kier alpha value is -4.47. The molecule has 10 heteroatoms. The van der Waals surface area contributed by atoms with Gasteiger partial charge in [0.25, 0.3) is 0 Å². The minimum absolute atomic E-state index is 0.244. The maximum Gasteiger partial charge on any atom is 0.434 e. The highest BCUT2D eigenvalue weighted by atomic mass is 19.4. The number of imidazole rings is 1. The van der Waals surface area contributed by atoms with E-state index in [1.54, 1.807) is 32.4 Å². The number of pyridine rings is 1. The highest BCUT2D eigenvalue weighted by Crippen LogP contribution is 2.32. The van der Waals surface area contributed by atoms with Gasteiger partial charge >= 0.3 is 6.18 Å². The van der Waals surface area contributed by atoms with Crippen molar-refractivity contribution >= 4 is 16.9 Å². The summed E-state index contributed by atoms with van der Waals surface area (Å²) < 4.78 is 45.9. The van der Waals surface area contributed by atoms with Gasteiger partial charge in [-0.15, -0.1) is 0 Å². The lowest BCUT2D eigenvalue weighted by atomic mass is 9.97. The zero-order chi connectivity index (χ0) is 27.7. The van der Waals surface area contributed by atoms with E-state index in [9.17, 15) is 13.2 Å². The number of benzene rings is 2. The molecule has 0 bridgehead atoms. The van der Waals surface area contributed by atoms with Crippen LogP contribution < -0.4 is 10.1 Å². The number of fused-ring (bicyclic) bond motifs is 1. The highest BCUT2D eigenvalue weighted by Gasteiger charge is 2.34. The molecule has 0 aliphatic heterocycles. The van der Waals surface area contributed by atoms with Crippen LogP contribution in [-0.4, -0.2) is 31.6 Å². The molecule has 5 rings (SSSR count). The average molecular weight is 533 g/mol. The molecule has 0 spiro atoms. The van der Waals surface area contributed by atoms with Crippen LogP contribution in [0.3, 0.4) is 0 Å². The third-order valence-corrected chi connectivity index (χ3v) is 6.39. The molecule has 5 aromatic rings. The molecule has 0 saturated carbocycles. The van der Waals surface area contributed by atoms with Gasteiger partial charge in [-0.1, -0.05) is 62.4 Å². The number of aryl methyl sites for hydroxylation is 1. The fraction of sp³-hybridized carbons (Fsp3) is 0.241. The summed E-state index contributed by atoms with van der Waals surface area (Å²) in [5.74, 6) is 2.12. The summed E-state index contributed by atoms with van der Waals surface area (Å²) >= 11 is 0.